The van der Waals surface area contributed by atoms with E-state index < -0.39 is 0 Å². The Morgan fingerprint density at radius 2 is 1.62 bits per heavy atom. The molecule has 0 aromatic heterocycles. The highest BCUT2D eigenvalue weighted by Gasteiger charge is 2.31. The zero-order valence-electron chi connectivity index (χ0n) is 10.1. The van der Waals surface area contributed by atoms with Gasteiger partial charge in [-0.1, -0.05) is 25.7 Å². The fourth-order valence-corrected chi connectivity index (χ4v) is 3.23. The summed E-state index contributed by atoms with van der Waals surface area (Å²) in [7, 11) is 0. The minimum atomic E-state index is -0.178. The molecule has 2 aliphatic rings. The molecule has 0 radical (unpaired) electrons. The minimum Gasteiger partial charge on any atom is -0.396 e. The average molecular weight is 227 g/mol. The van der Waals surface area contributed by atoms with Gasteiger partial charge in [0.25, 0.3) is 0 Å². The Morgan fingerprint density at radius 3 is 2.44 bits per heavy atom. The molecule has 3 heteroatoms. The molecule has 2 rings (SSSR count). The highest BCUT2D eigenvalue weighted by Crippen LogP contribution is 2.27. The third-order valence-corrected chi connectivity index (χ3v) is 4.30. The standard InChI is InChI=1S/C13H25NO2/c15-9-10-5-4-7-11(10)14-12-6-2-1-3-8-13(12)16/h10-16H,1-9H2. The number of nitrogens with one attached hydrogen (secondary N) is 1. The van der Waals surface area contributed by atoms with Crippen molar-refractivity contribution >= 4 is 0 Å². The van der Waals surface area contributed by atoms with Crippen molar-refractivity contribution in [3.8, 4) is 0 Å². The van der Waals surface area contributed by atoms with Gasteiger partial charge < -0.3 is 15.5 Å². The summed E-state index contributed by atoms with van der Waals surface area (Å²) in [4.78, 5) is 0. The predicted molar refractivity (Wildman–Crippen MR) is 64.2 cm³/mol. The molecule has 2 aliphatic carbocycles. The van der Waals surface area contributed by atoms with Gasteiger partial charge in [-0.05, 0) is 31.6 Å². The molecule has 3 nitrogen and oxygen atoms in total. The Hall–Kier alpha value is -0.120. The molecule has 2 fully saturated rings. The zero-order valence-corrected chi connectivity index (χ0v) is 10.1. The van der Waals surface area contributed by atoms with Crippen LogP contribution in [-0.2, 0) is 0 Å². The van der Waals surface area contributed by atoms with Crippen molar-refractivity contribution < 1.29 is 10.2 Å². The summed E-state index contributed by atoms with van der Waals surface area (Å²) in [5, 5.41) is 22.9. The van der Waals surface area contributed by atoms with E-state index in [9.17, 15) is 10.2 Å². The second kappa shape index (κ2) is 5.99. The van der Waals surface area contributed by atoms with Gasteiger partial charge in [0.15, 0.2) is 0 Å². The third-order valence-electron chi connectivity index (χ3n) is 4.30. The molecule has 4 atom stereocenters. The van der Waals surface area contributed by atoms with Crippen molar-refractivity contribution in [2.45, 2.75) is 69.6 Å². The van der Waals surface area contributed by atoms with Crippen molar-refractivity contribution in [2.75, 3.05) is 6.61 Å². The van der Waals surface area contributed by atoms with Crippen LogP contribution in [0.4, 0.5) is 0 Å². The van der Waals surface area contributed by atoms with Crippen LogP contribution in [0.2, 0.25) is 0 Å². The van der Waals surface area contributed by atoms with E-state index in [1.807, 2.05) is 0 Å². The number of hydrogen-bond donors (Lipinski definition) is 3. The Morgan fingerprint density at radius 1 is 0.875 bits per heavy atom. The highest BCUT2D eigenvalue weighted by molar-refractivity contribution is 4.88. The van der Waals surface area contributed by atoms with Gasteiger partial charge in [0.1, 0.15) is 0 Å². The third kappa shape index (κ3) is 2.96. The van der Waals surface area contributed by atoms with Crippen LogP contribution in [0.1, 0.15) is 51.4 Å². The first-order valence-electron chi connectivity index (χ1n) is 6.86. The lowest BCUT2D eigenvalue weighted by Crippen LogP contribution is -2.47. The Balaban J connectivity index is 1.86. The van der Waals surface area contributed by atoms with E-state index in [2.05, 4.69) is 5.32 Å². The van der Waals surface area contributed by atoms with E-state index in [1.165, 1.54) is 19.3 Å². The quantitative estimate of drug-likeness (QED) is 0.639. The molecular weight excluding hydrogens is 202 g/mol. The van der Waals surface area contributed by atoms with Gasteiger partial charge in [-0.15, -0.1) is 0 Å². The van der Waals surface area contributed by atoms with E-state index in [1.54, 1.807) is 0 Å². The molecule has 0 aromatic carbocycles. The lowest BCUT2D eigenvalue weighted by atomic mass is 10.00. The van der Waals surface area contributed by atoms with Crippen molar-refractivity contribution in [2.24, 2.45) is 5.92 Å². The molecule has 4 unspecified atom stereocenters. The Kier molecular flexibility index (Phi) is 4.62. The van der Waals surface area contributed by atoms with E-state index in [0.717, 1.165) is 32.1 Å². The van der Waals surface area contributed by atoms with Crippen molar-refractivity contribution in [3.05, 3.63) is 0 Å². The smallest absolute Gasteiger partial charge is 0.0693 e. The summed E-state index contributed by atoms with van der Waals surface area (Å²) in [5.74, 6) is 0.412. The van der Waals surface area contributed by atoms with E-state index in [0.29, 0.717) is 18.6 Å². The molecule has 0 saturated heterocycles. The lowest BCUT2D eigenvalue weighted by molar-refractivity contribution is 0.104. The van der Waals surface area contributed by atoms with Gasteiger partial charge in [-0.3, -0.25) is 0 Å². The maximum atomic E-state index is 10.0. The molecular formula is C13H25NO2. The SMILES string of the molecule is OCC1CCCC1NC1CCCCCC1O. The van der Waals surface area contributed by atoms with Gasteiger partial charge in [-0.25, -0.2) is 0 Å². The second-order valence-electron chi connectivity index (χ2n) is 5.46. The van der Waals surface area contributed by atoms with Crippen LogP contribution in [0.5, 0.6) is 0 Å². The lowest BCUT2D eigenvalue weighted by Gasteiger charge is -2.28. The summed E-state index contributed by atoms with van der Waals surface area (Å²) in [5.41, 5.74) is 0. The van der Waals surface area contributed by atoms with Crippen LogP contribution in [0.3, 0.4) is 0 Å². The Bertz CT molecular complexity index is 210. The molecule has 0 amide bonds. The van der Waals surface area contributed by atoms with Crippen LogP contribution < -0.4 is 5.32 Å². The summed E-state index contributed by atoms with van der Waals surface area (Å²) in [6, 6.07) is 0.697. The van der Waals surface area contributed by atoms with Crippen LogP contribution >= 0.6 is 0 Å². The zero-order chi connectivity index (χ0) is 11.4. The molecule has 0 bridgehead atoms. The Labute approximate surface area is 98.2 Å². The van der Waals surface area contributed by atoms with E-state index >= 15 is 0 Å². The average Bonchev–Trinajstić information content (AvgIpc) is 2.64. The maximum absolute atomic E-state index is 10.0. The van der Waals surface area contributed by atoms with Crippen LogP contribution in [0, 0.1) is 5.92 Å². The van der Waals surface area contributed by atoms with Gasteiger partial charge >= 0.3 is 0 Å². The summed E-state index contributed by atoms with van der Waals surface area (Å²) < 4.78 is 0. The van der Waals surface area contributed by atoms with Crippen LogP contribution in [0.15, 0.2) is 0 Å². The number of rotatable bonds is 3. The molecule has 94 valence electrons. The van der Waals surface area contributed by atoms with Gasteiger partial charge in [0, 0.05) is 18.7 Å². The molecule has 0 aromatic rings. The summed E-state index contributed by atoms with van der Waals surface area (Å²) >= 11 is 0. The first-order chi connectivity index (χ1) is 7.81. The van der Waals surface area contributed by atoms with Gasteiger partial charge in [0.05, 0.1) is 6.10 Å². The van der Waals surface area contributed by atoms with Gasteiger partial charge in [-0.2, -0.15) is 0 Å². The molecule has 3 N–H and O–H groups in total. The monoisotopic (exact) mass is 227 g/mol. The fourth-order valence-electron chi connectivity index (χ4n) is 3.23. The van der Waals surface area contributed by atoms with E-state index in [-0.39, 0.29) is 12.1 Å². The first kappa shape index (κ1) is 12.3. The largest absolute Gasteiger partial charge is 0.396 e. The highest BCUT2D eigenvalue weighted by atomic mass is 16.3. The normalized spacial score (nSPS) is 40.9. The topological polar surface area (TPSA) is 52.5 Å². The number of hydrogen-bond acceptors (Lipinski definition) is 3. The van der Waals surface area contributed by atoms with E-state index in [4.69, 9.17) is 0 Å². The number of aliphatic hydroxyl groups excluding tert-OH is 2. The van der Waals surface area contributed by atoms with Crippen LogP contribution in [0.25, 0.3) is 0 Å². The number of aliphatic hydroxyl groups is 2. The molecule has 0 heterocycles. The minimum absolute atomic E-state index is 0.178. The maximum Gasteiger partial charge on any atom is 0.0693 e. The summed E-state index contributed by atoms with van der Waals surface area (Å²) in [6.07, 6.45) is 9.01. The van der Waals surface area contributed by atoms with Crippen LogP contribution in [-0.4, -0.2) is 35.0 Å². The molecule has 2 saturated carbocycles. The van der Waals surface area contributed by atoms with Crippen molar-refractivity contribution in [1.82, 2.24) is 5.32 Å². The van der Waals surface area contributed by atoms with Crippen molar-refractivity contribution in [3.63, 3.8) is 0 Å². The first-order valence-corrected chi connectivity index (χ1v) is 6.86. The van der Waals surface area contributed by atoms with Crippen molar-refractivity contribution in [1.29, 1.82) is 0 Å². The molecule has 0 spiro atoms. The second-order valence-corrected chi connectivity index (χ2v) is 5.46. The summed E-state index contributed by atoms with van der Waals surface area (Å²) in [6.45, 7) is 0.292. The fraction of sp³-hybridized carbons (Fsp3) is 1.00. The predicted octanol–water partition coefficient (Wildman–Crippen LogP) is 1.43. The molecule has 0 aliphatic heterocycles. The van der Waals surface area contributed by atoms with Gasteiger partial charge in [0.2, 0.25) is 0 Å². The molecule has 16 heavy (non-hydrogen) atoms.